The third-order valence-electron chi connectivity index (χ3n) is 4.85. The van der Waals surface area contributed by atoms with E-state index >= 15 is 0 Å². The Labute approximate surface area is 151 Å². The highest BCUT2D eigenvalue weighted by Gasteiger charge is 2.37. The Morgan fingerprint density at radius 1 is 1.27 bits per heavy atom. The van der Waals surface area contributed by atoms with Gasteiger partial charge in [-0.15, -0.1) is 0 Å². The molecule has 0 spiro atoms. The van der Waals surface area contributed by atoms with Gasteiger partial charge in [-0.05, 0) is 11.5 Å². The molecule has 4 rings (SSSR count). The number of ether oxygens (including phenoxy) is 2. The minimum absolute atomic E-state index is 0.00612. The summed E-state index contributed by atoms with van der Waals surface area (Å²) in [6.07, 6.45) is 4.20. The first kappa shape index (κ1) is 16.6. The normalized spacial score (nSPS) is 19.8. The van der Waals surface area contributed by atoms with E-state index in [1.165, 1.54) is 0 Å². The van der Waals surface area contributed by atoms with E-state index in [0.717, 1.165) is 23.0 Å². The number of carbonyl (C=O) groups is 1. The molecule has 0 aliphatic carbocycles. The fourth-order valence-corrected chi connectivity index (χ4v) is 3.51. The van der Waals surface area contributed by atoms with Crippen LogP contribution >= 0.6 is 0 Å². The SMILES string of the molecule is CO[C@@H]1CC(c2ncc[nH]2)N(C(=O)COc2cccc3ccccc23)C1. The van der Waals surface area contributed by atoms with Crippen molar-refractivity contribution in [3.8, 4) is 5.75 Å². The number of methoxy groups -OCH3 is 1. The molecular formula is C20H21N3O3. The Morgan fingerprint density at radius 3 is 2.92 bits per heavy atom. The number of rotatable bonds is 5. The van der Waals surface area contributed by atoms with E-state index in [1.54, 1.807) is 24.4 Å². The largest absolute Gasteiger partial charge is 0.483 e. The van der Waals surface area contributed by atoms with Gasteiger partial charge in [-0.3, -0.25) is 4.79 Å². The van der Waals surface area contributed by atoms with Gasteiger partial charge in [0.05, 0.1) is 12.1 Å². The maximum atomic E-state index is 12.8. The minimum Gasteiger partial charge on any atom is -0.483 e. The molecule has 1 saturated heterocycles. The van der Waals surface area contributed by atoms with Crippen molar-refractivity contribution < 1.29 is 14.3 Å². The Hall–Kier alpha value is -2.86. The van der Waals surface area contributed by atoms with Crippen molar-refractivity contribution in [2.75, 3.05) is 20.3 Å². The lowest BCUT2D eigenvalue weighted by Gasteiger charge is -2.23. The number of H-pyrrole nitrogens is 1. The van der Waals surface area contributed by atoms with Gasteiger partial charge in [0, 0.05) is 37.9 Å². The van der Waals surface area contributed by atoms with Crippen molar-refractivity contribution in [1.29, 1.82) is 0 Å². The van der Waals surface area contributed by atoms with Gasteiger partial charge < -0.3 is 19.4 Å². The van der Waals surface area contributed by atoms with Crippen LogP contribution in [-0.4, -0.2) is 47.1 Å². The number of benzene rings is 2. The smallest absolute Gasteiger partial charge is 0.261 e. The van der Waals surface area contributed by atoms with E-state index in [-0.39, 0.29) is 24.7 Å². The summed E-state index contributed by atoms with van der Waals surface area (Å²) in [5.74, 6) is 1.43. The molecule has 26 heavy (non-hydrogen) atoms. The number of nitrogens with zero attached hydrogens (tertiary/aromatic N) is 2. The Morgan fingerprint density at radius 2 is 2.12 bits per heavy atom. The van der Waals surface area contributed by atoms with Crippen molar-refractivity contribution in [1.82, 2.24) is 14.9 Å². The molecule has 1 N–H and O–H groups in total. The van der Waals surface area contributed by atoms with Crippen LogP contribution in [0.5, 0.6) is 5.75 Å². The number of amides is 1. The lowest BCUT2D eigenvalue weighted by molar-refractivity contribution is -0.134. The summed E-state index contributed by atoms with van der Waals surface area (Å²) in [6.45, 7) is 0.529. The van der Waals surface area contributed by atoms with Crippen molar-refractivity contribution in [3.05, 3.63) is 60.7 Å². The lowest BCUT2D eigenvalue weighted by Crippen LogP contribution is -2.36. The predicted molar refractivity (Wildman–Crippen MR) is 97.9 cm³/mol. The third kappa shape index (κ3) is 3.15. The van der Waals surface area contributed by atoms with Gasteiger partial charge in [0.25, 0.3) is 5.91 Å². The fourth-order valence-electron chi connectivity index (χ4n) is 3.51. The van der Waals surface area contributed by atoms with Gasteiger partial charge in [-0.1, -0.05) is 36.4 Å². The zero-order chi connectivity index (χ0) is 17.9. The molecule has 1 unspecified atom stereocenters. The van der Waals surface area contributed by atoms with E-state index in [4.69, 9.17) is 9.47 Å². The maximum Gasteiger partial charge on any atom is 0.261 e. The summed E-state index contributed by atoms with van der Waals surface area (Å²) < 4.78 is 11.3. The average Bonchev–Trinajstić information content (AvgIpc) is 3.35. The molecule has 2 aromatic carbocycles. The van der Waals surface area contributed by atoms with Gasteiger partial charge in [-0.25, -0.2) is 4.98 Å². The topological polar surface area (TPSA) is 67.5 Å². The average molecular weight is 351 g/mol. The second kappa shape index (κ2) is 7.17. The Bertz CT molecular complexity index is 889. The number of aromatic amines is 1. The first-order valence-electron chi connectivity index (χ1n) is 8.68. The summed E-state index contributed by atoms with van der Waals surface area (Å²) in [7, 11) is 1.67. The monoisotopic (exact) mass is 351 g/mol. The summed E-state index contributed by atoms with van der Waals surface area (Å²) in [4.78, 5) is 22.0. The van der Waals surface area contributed by atoms with Gasteiger partial charge >= 0.3 is 0 Å². The minimum atomic E-state index is -0.112. The number of hydrogen-bond donors (Lipinski definition) is 1. The van der Waals surface area contributed by atoms with E-state index in [0.29, 0.717) is 12.3 Å². The summed E-state index contributed by atoms with van der Waals surface area (Å²) >= 11 is 0. The van der Waals surface area contributed by atoms with Crippen LogP contribution in [0.3, 0.4) is 0 Å². The van der Waals surface area contributed by atoms with Crippen molar-refractivity contribution >= 4 is 16.7 Å². The summed E-state index contributed by atoms with van der Waals surface area (Å²) in [5.41, 5.74) is 0. The number of aromatic nitrogens is 2. The molecule has 1 aromatic heterocycles. The van der Waals surface area contributed by atoms with Crippen molar-refractivity contribution in [2.45, 2.75) is 18.6 Å². The van der Waals surface area contributed by atoms with Crippen LogP contribution in [0, 0.1) is 0 Å². The zero-order valence-corrected chi connectivity index (χ0v) is 14.6. The Kier molecular flexibility index (Phi) is 4.58. The number of hydrogen-bond acceptors (Lipinski definition) is 4. The van der Waals surface area contributed by atoms with Gasteiger partial charge in [0.2, 0.25) is 0 Å². The molecule has 0 radical (unpaired) electrons. The summed E-state index contributed by atoms with van der Waals surface area (Å²) in [6, 6.07) is 13.7. The first-order valence-corrected chi connectivity index (χ1v) is 8.68. The molecule has 2 heterocycles. The van der Waals surface area contributed by atoms with Gasteiger partial charge in [0.1, 0.15) is 11.6 Å². The molecule has 1 aliphatic rings. The van der Waals surface area contributed by atoms with E-state index in [2.05, 4.69) is 9.97 Å². The molecule has 3 aromatic rings. The fraction of sp³-hybridized carbons (Fsp3) is 0.300. The van der Waals surface area contributed by atoms with Crippen molar-refractivity contribution in [2.24, 2.45) is 0 Å². The molecule has 0 saturated carbocycles. The second-order valence-corrected chi connectivity index (χ2v) is 6.40. The number of fused-ring (bicyclic) bond motifs is 1. The van der Waals surface area contributed by atoms with E-state index in [1.807, 2.05) is 42.5 Å². The zero-order valence-electron chi connectivity index (χ0n) is 14.6. The number of imidazole rings is 1. The maximum absolute atomic E-state index is 12.8. The molecule has 2 atom stereocenters. The van der Waals surface area contributed by atoms with Gasteiger partial charge in [0.15, 0.2) is 6.61 Å². The highest BCUT2D eigenvalue weighted by Crippen LogP contribution is 2.32. The van der Waals surface area contributed by atoms with E-state index < -0.39 is 0 Å². The van der Waals surface area contributed by atoms with E-state index in [9.17, 15) is 4.79 Å². The van der Waals surface area contributed by atoms with Crippen molar-refractivity contribution in [3.63, 3.8) is 0 Å². The van der Waals surface area contributed by atoms with Crippen LogP contribution < -0.4 is 4.74 Å². The second-order valence-electron chi connectivity index (χ2n) is 6.40. The quantitative estimate of drug-likeness (QED) is 0.767. The molecule has 6 heteroatoms. The number of carbonyl (C=O) groups excluding carboxylic acids is 1. The standard InChI is InChI=1S/C20H21N3O3/c1-25-15-11-17(20-21-9-10-22-20)23(12-15)19(24)13-26-18-8-4-6-14-5-2-3-7-16(14)18/h2-10,15,17H,11-13H2,1H3,(H,21,22)/t15-,17?/m1/s1. The van der Waals surface area contributed by atoms with Crippen LogP contribution in [0.25, 0.3) is 10.8 Å². The van der Waals surface area contributed by atoms with Crippen LogP contribution in [0.15, 0.2) is 54.9 Å². The third-order valence-corrected chi connectivity index (χ3v) is 4.85. The highest BCUT2D eigenvalue weighted by atomic mass is 16.5. The molecule has 1 fully saturated rings. The van der Waals surface area contributed by atoms with Gasteiger partial charge in [-0.2, -0.15) is 0 Å². The Balaban J connectivity index is 1.50. The predicted octanol–water partition coefficient (Wildman–Crippen LogP) is 2.93. The van der Waals surface area contributed by atoms with Crippen LogP contribution in [0.1, 0.15) is 18.3 Å². The van der Waals surface area contributed by atoms with Crippen LogP contribution in [0.2, 0.25) is 0 Å². The summed E-state index contributed by atoms with van der Waals surface area (Å²) in [5, 5.41) is 2.09. The van der Waals surface area contributed by atoms with Crippen LogP contribution in [0.4, 0.5) is 0 Å². The first-order chi connectivity index (χ1) is 12.8. The number of likely N-dealkylation sites (tertiary alicyclic amines) is 1. The molecule has 134 valence electrons. The molecular weight excluding hydrogens is 330 g/mol. The molecule has 1 aliphatic heterocycles. The highest BCUT2D eigenvalue weighted by molar-refractivity contribution is 5.88. The molecule has 1 amide bonds. The number of nitrogens with one attached hydrogen (secondary N) is 1. The molecule has 0 bridgehead atoms. The molecule has 6 nitrogen and oxygen atoms in total. The van der Waals surface area contributed by atoms with Crippen LogP contribution in [-0.2, 0) is 9.53 Å². The lowest BCUT2D eigenvalue weighted by atomic mass is 10.1.